The van der Waals surface area contributed by atoms with E-state index in [0.717, 1.165) is 0 Å². The summed E-state index contributed by atoms with van der Waals surface area (Å²) in [6, 6.07) is 8.51. The van der Waals surface area contributed by atoms with Crippen LogP contribution in [0.5, 0.6) is 0 Å². The van der Waals surface area contributed by atoms with Gasteiger partial charge in [0.05, 0.1) is 0 Å². The van der Waals surface area contributed by atoms with Crippen LogP contribution >= 0.6 is 0 Å². The zero-order valence-corrected chi connectivity index (χ0v) is 5.56. The third-order valence-electron chi connectivity index (χ3n) is 0.994. The average molecular weight is 158 g/mol. The Labute approximate surface area is 62.3 Å². The van der Waals surface area contributed by atoms with E-state index in [2.05, 4.69) is 0 Å². The third-order valence-corrected chi connectivity index (χ3v) is 0.994. The van der Waals surface area contributed by atoms with Crippen LogP contribution in [0, 0.1) is 10.1 Å². The quantitative estimate of drug-likeness (QED) is 0.523. The van der Waals surface area contributed by atoms with Crippen molar-refractivity contribution >= 4 is 5.69 Å². The number of nitro groups is 1. The van der Waals surface area contributed by atoms with Gasteiger partial charge in [-0.05, 0) is 12.1 Å². The van der Waals surface area contributed by atoms with E-state index < -0.39 is 5.03 Å². The summed E-state index contributed by atoms with van der Waals surface area (Å²) in [5, 5.41) is 9.28. The molecule has 0 unspecified atom stereocenters. The van der Waals surface area contributed by atoms with Crippen LogP contribution in [0.1, 0.15) is 0 Å². The highest BCUT2D eigenvalue weighted by atomic mass is 19.0. The molecule has 1 rings (SSSR count). The Hall–Kier alpha value is -1.65. The monoisotopic (exact) mass is 158 g/mol. The number of nitrogens with one attached hydrogen (secondary N) is 1. The molecule has 0 aliphatic heterocycles. The standard InChI is InChI=1S/C6H6N2O2.FH/c9-8(10)7-6-4-2-1-3-5-6;/h1-5,7H;1H. The zero-order valence-electron chi connectivity index (χ0n) is 5.56. The predicted molar refractivity (Wildman–Crippen MR) is 39.6 cm³/mol. The first-order valence-corrected chi connectivity index (χ1v) is 2.75. The fourth-order valence-corrected chi connectivity index (χ4v) is 0.618. The normalized spacial score (nSPS) is 8.00. The van der Waals surface area contributed by atoms with Gasteiger partial charge in [0.15, 0.2) is 5.03 Å². The molecule has 0 saturated carbocycles. The smallest absolute Gasteiger partial charge is 0.162 e. The summed E-state index contributed by atoms with van der Waals surface area (Å²) in [6.45, 7) is 0. The molecular formula is C6H7FN2O2. The van der Waals surface area contributed by atoms with E-state index in [1.807, 2.05) is 5.43 Å². The topological polar surface area (TPSA) is 55.2 Å². The molecule has 0 aromatic heterocycles. The molecule has 0 amide bonds. The van der Waals surface area contributed by atoms with Gasteiger partial charge in [0, 0.05) is 0 Å². The second kappa shape index (κ2) is 4.21. The molecule has 0 radical (unpaired) electrons. The molecule has 0 atom stereocenters. The summed E-state index contributed by atoms with van der Waals surface area (Å²) in [7, 11) is 0. The van der Waals surface area contributed by atoms with Crippen LogP contribution in [0.2, 0.25) is 0 Å². The lowest BCUT2D eigenvalue weighted by atomic mass is 10.3. The second-order valence-corrected chi connectivity index (χ2v) is 1.73. The molecule has 60 valence electrons. The molecule has 1 N–H and O–H groups in total. The minimum absolute atomic E-state index is 0. The molecule has 0 spiro atoms. The minimum atomic E-state index is -0.588. The summed E-state index contributed by atoms with van der Waals surface area (Å²) in [5.41, 5.74) is 2.52. The molecule has 0 aliphatic rings. The van der Waals surface area contributed by atoms with E-state index in [1.54, 1.807) is 30.3 Å². The number of para-hydroxylation sites is 1. The van der Waals surface area contributed by atoms with Gasteiger partial charge in [0.2, 0.25) is 0 Å². The number of hydrogen-bond acceptors (Lipinski definition) is 2. The molecule has 1 aromatic carbocycles. The SMILES string of the molecule is F.O=[N+]([O-])Nc1ccccc1. The van der Waals surface area contributed by atoms with E-state index in [4.69, 9.17) is 0 Å². The first kappa shape index (κ1) is 9.35. The highest BCUT2D eigenvalue weighted by Gasteiger charge is 1.93. The van der Waals surface area contributed by atoms with Gasteiger partial charge in [-0.15, -0.1) is 5.43 Å². The van der Waals surface area contributed by atoms with Crippen molar-refractivity contribution in [2.75, 3.05) is 5.43 Å². The molecule has 0 heterocycles. The van der Waals surface area contributed by atoms with Crippen LogP contribution in [0.4, 0.5) is 10.4 Å². The van der Waals surface area contributed by atoms with Crippen LogP contribution in [-0.2, 0) is 0 Å². The molecule has 1 aromatic rings. The largest absolute Gasteiger partial charge is 0.269 e. The van der Waals surface area contributed by atoms with E-state index in [0.29, 0.717) is 5.69 Å². The Morgan fingerprint density at radius 1 is 1.27 bits per heavy atom. The Morgan fingerprint density at radius 2 is 1.82 bits per heavy atom. The lowest BCUT2D eigenvalue weighted by Crippen LogP contribution is -2.06. The summed E-state index contributed by atoms with van der Waals surface area (Å²) in [5.74, 6) is 0. The average Bonchev–Trinajstić information content (AvgIpc) is 1.88. The molecule has 0 saturated heterocycles. The number of halogens is 1. The van der Waals surface area contributed by atoms with Crippen molar-refractivity contribution in [2.24, 2.45) is 0 Å². The van der Waals surface area contributed by atoms with Gasteiger partial charge in [-0.1, -0.05) is 18.2 Å². The Kier molecular flexibility index (Phi) is 3.58. The summed E-state index contributed by atoms with van der Waals surface area (Å²) in [6.07, 6.45) is 0. The van der Waals surface area contributed by atoms with Crippen molar-refractivity contribution in [3.8, 4) is 0 Å². The van der Waals surface area contributed by atoms with Crippen molar-refractivity contribution in [3.63, 3.8) is 0 Å². The van der Waals surface area contributed by atoms with Crippen LogP contribution in [0.15, 0.2) is 30.3 Å². The van der Waals surface area contributed by atoms with Crippen LogP contribution in [0.25, 0.3) is 0 Å². The van der Waals surface area contributed by atoms with Crippen LogP contribution in [0.3, 0.4) is 0 Å². The Bertz CT molecular complexity index is 227. The molecule has 0 aliphatic carbocycles. The highest BCUT2D eigenvalue weighted by Crippen LogP contribution is 2.03. The third kappa shape index (κ3) is 3.14. The minimum Gasteiger partial charge on any atom is -0.269 e. The molecule has 4 nitrogen and oxygen atoms in total. The molecule has 0 fully saturated rings. The molecule has 11 heavy (non-hydrogen) atoms. The van der Waals surface area contributed by atoms with Gasteiger partial charge in [0.1, 0.15) is 5.69 Å². The number of nitrogens with zero attached hydrogens (tertiary/aromatic N) is 1. The van der Waals surface area contributed by atoms with Crippen molar-refractivity contribution in [2.45, 2.75) is 0 Å². The summed E-state index contributed by atoms with van der Waals surface area (Å²) < 4.78 is 0. The molecule has 5 heteroatoms. The Balaban J connectivity index is 0.000001000. The van der Waals surface area contributed by atoms with Gasteiger partial charge in [-0.2, -0.15) is 0 Å². The maximum absolute atomic E-state index is 9.86. The first-order valence-electron chi connectivity index (χ1n) is 2.75. The van der Waals surface area contributed by atoms with Gasteiger partial charge in [-0.3, -0.25) is 4.70 Å². The van der Waals surface area contributed by atoms with E-state index in [9.17, 15) is 10.1 Å². The van der Waals surface area contributed by atoms with E-state index in [-0.39, 0.29) is 4.70 Å². The molecule has 0 bridgehead atoms. The summed E-state index contributed by atoms with van der Waals surface area (Å²) in [4.78, 5) is 9.86. The number of hydrogen-bond donors (Lipinski definition) is 1. The maximum atomic E-state index is 9.86. The van der Waals surface area contributed by atoms with Crippen LogP contribution in [-0.4, -0.2) is 5.03 Å². The first-order chi connectivity index (χ1) is 4.79. The van der Waals surface area contributed by atoms with Crippen LogP contribution < -0.4 is 5.43 Å². The fourth-order valence-electron chi connectivity index (χ4n) is 0.618. The zero-order chi connectivity index (χ0) is 7.40. The fraction of sp³-hybridized carbons (Fsp3) is 0. The second-order valence-electron chi connectivity index (χ2n) is 1.73. The number of hydrazine groups is 1. The molecular weight excluding hydrogens is 151 g/mol. The van der Waals surface area contributed by atoms with Crippen molar-refractivity contribution in [1.29, 1.82) is 0 Å². The lowest BCUT2D eigenvalue weighted by Gasteiger charge is -1.93. The number of anilines is 1. The lowest BCUT2D eigenvalue weighted by molar-refractivity contribution is -0.445. The van der Waals surface area contributed by atoms with Crippen molar-refractivity contribution < 1.29 is 9.74 Å². The van der Waals surface area contributed by atoms with Crippen molar-refractivity contribution in [1.82, 2.24) is 0 Å². The van der Waals surface area contributed by atoms with E-state index >= 15 is 0 Å². The van der Waals surface area contributed by atoms with Gasteiger partial charge >= 0.3 is 0 Å². The highest BCUT2D eigenvalue weighted by molar-refractivity contribution is 5.39. The van der Waals surface area contributed by atoms with Gasteiger partial charge in [-0.25, -0.2) is 10.1 Å². The van der Waals surface area contributed by atoms with Crippen molar-refractivity contribution in [3.05, 3.63) is 40.4 Å². The van der Waals surface area contributed by atoms with Gasteiger partial charge in [0.25, 0.3) is 0 Å². The predicted octanol–water partition coefficient (Wildman–Crippen LogP) is 1.44. The van der Waals surface area contributed by atoms with E-state index in [1.165, 1.54) is 0 Å². The number of benzene rings is 1. The summed E-state index contributed by atoms with van der Waals surface area (Å²) >= 11 is 0. The Morgan fingerprint density at radius 3 is 2.27 bits per heavy atom. The number of rotatable bonds is 2. The van der Waals surface area contributed by atoms with Gasteiger partial charge < -0.3 is 0 Å². The maximum Gasteiger partial charge on any atom is 0.162 e.